The van der Waals surface area contributed by atoms with Crippen LogP contribution < -0.4 is 0 Å². The van der Waals surface area contributed by atoms with Crippen molar-refractivity contribution in [3.8, 4) is 16.9 Å². The Kier molecular flexibility index (Phi) is 6.33. The molecular formula is C25H28FNO2. The number of aliphatic hydroxyl groups excluding tert-OH is 1. The zero-order valence-electron chi connectivity index (χ0n) is 17.4. The molecule has 0 aliphatic heterocycles. The van der Waals surface area contributed by atoms with Crippen LogP contribution in [0.5, 0.6) is 5.75 Å². The minimum absolute atomic E-state index is 0.132. The number of para-hydroxylation sites is 1. The maximum atomic E-state index is 13.6. The van der Waals surface area contributed by atoms with E-state index in [2.05, 4.69) is 27.7 Å². The first-order valence-corrected chi connectivity index (χ1v) is 10.0. The Morgan fingerprint density at radius 3 is 2.00 bits per heavy atom. The van der Waals surface area contributed by atoms with Crippen LogP contribution >= 0.6 is 0 Å². The zero-order valence-corrected chi connectivity index (χ0v) is 17.4. The number of aliphatic hydroxyl groups is 1. The van der Waals surface area contributed by atoms with Gasteiger partial charge in [-0.2, -0.15) is 0 Å². The van der Waals surface area contributed by atoms with Crippen LogP contribution in [0.25, 0.3) is 11.1 Å². The molecule has 0 unspecified atom stereocenters. The molecule has 1 heterocycles. The standard InChI is InChI=1S/C25H28FNO2/c1-15(2)24-20(13-18-7-5-6-8-22(18)29)23(17-9-11-19(26)12-10-17)21(14-28)25(27-24)16(3)4/h5-12,15-16,28-29H,13-14H2,1-4H3. The SMILES string of the molecule is CC(C)c1nc(C(C)C)c(Cc2ccccc2O)c(-c2ccc(F)cc2)c1CO. The van der Waals surface area contributed by atoms with E-state index < -0.39 is 0 Å². The number of rotatable bonds is 6. The number of halogens is 1. The average Bonchev–Trinajstić information content (AvgIpc) is 2.69. The van der Waals surface area contributed by atoms with Gasteiger partial charge in [0.15, 0.2) is 0 Å². The second kappa shape index (κ2) is 8.75. The number of aromatic nitrogens is 1. The van der Waals surface area contributed by atoms with E-state index in [1.54, 1.807) is 24.3 Å². The number of pyridine rings is 1. The van der Waals surface area contributed by atoms with E-state index in [1.807, 2.05) is 12.1 Å². The molecular weight excluding hydrogens is 365 g/mol. The van der Waals surface area contributed by atoms with Gasteiger partial charge in [-0.15, -0.1) is 0 Å². The van der Waals surface area contributed by atoms with E-state index in [0.717, 1.165) is 39.2 Å². The van der Waals surface area contributed by atoms with Gasteiger partial charge in [0.25, 0.3) is 0 Å². The highest BCUT2D eigenvalue weighted by Crippen LogP contribution is 2.38. The van der Waals surface area contributed by atoms with Crippen molar-refractivity contribution in [1.82, 2.24) is 4.98 Å². The van der Waals surface area contributed by atoms with Gasteiger partial charge in [-0.1, -0.05) is 58.0 Å². The predicted molar refractivity (Wildman–Crippen MR) is 115 cm³/mol. The third-order valence-electron chi connectivity index (χ3n) is 5.21. The third-order valence-corrected chi connectivity index (χ3v) is 5.21. The Morgan fingerprint density at radius 2 is 1.45 bits per heavy atom. The van der Waals surface area contributed by atoms with Crippen molar-refractivity contribution >= 4 is 0 Å². The summed E-state index contributed by atoms with van der Waals surface area (Å²) in [5.74, 6) is 0.211. The molecule has 1 aromatic heterocycles. The molecule has 0 aliphatic rings. The van der Waals surface area contributed by atoms with Crippen molar-refractivity contribution in [2.24, 2.45) is 0 Å². The lowest BCUT2D eigenvalue weighted by Crippen LogP contribution is -2.13. The molecule has 2 aromatic carbocycles. The molecule has 3 aromatic rings. The van der Waals surface area contributed by atoms with Gasteiger partial charge in [0.05, 0.1) is 6.61 Å². The summed E-state index contributed by atoms with van der Waals surface area (Å²) >= 11 is 0. The van der Waals surface area contributed by atoms with Gasteiger partial charge in [0, 0.05) is 23.4 Å². The lowest BCUT2D eigenvalue weighted by Gasteiger charge is -2.24. The molecule has 152 valence electrons. The van der Waals surface area contributed by atoms with E-state index in [4.69, 9.17) is 4.98 Å². The predicted octanol–water partition coefficient (Wildman–Crippen LogP) is 5.92. The molecule has 2 N–H and O–H groups in total. The topological polar surface area (TPSA) is 53.4 Å². The number of hydrogen-bond donors (Lipinski definition) is 2. The van der Waals surface area contributed by atoms with E-state index in [0.29, 0.717) is 6.42 Å². The first-order valence-electron chi connectivity index (χ1n) is 10.0. The summed E-state index contributed by atoms with van der Waals surface area (Å²) in [6.07, 6.45) is 0.477. The van der Waals surface area contributed by atoms with Gasteiger partial charge in [-0.25, -0.2) is 4.39 Å². The molecule has 0 radical (unpaired) electrons. The average molecular weight is 394 g/mol. The Morgan fingerprint density at radius 1 is 0.862 bits per heavy atom. The lowest BCUT2D eigenvalue weighted by atomic mass is 9.85. The van der Waals surface area contributed by atoms with Gasteiger partial charge in [-0.05, 0) is 52.3 Å². The molecule has 0 saturated carbocycles. The molecule has 3 nitrogen and oxygen atoms in total. The van der Waals surface area contributed by atoms with Crippen LogP contribution in [0.2, 0.25) is 0 Å². The number of nitrogens with zero attached hydrogens (tertiary/aromatic N) is 1. The van der Waals surface area contributed by atoms with Crippen molar-refractivity contribution in [2.75, 3.05) is 0 Å². The highest BCUT2D eigenvalue weighted by atomic mass is 19.1. The van der Waals surface area contributed by atoms with E-state index in [1.165, 1.54) is 12.1 Å². The Balaban J connectivity index is 2.36. The van der Waals surface area contributed by atoms with Crippen LogP contribution in [0.15, 0.2) is 48.5 Å². The second-order valence-corrected chi connectivity index (χ2v) is 7.99. The summed E-state index contributed by atoms with van der Waals surface area (Å²) in [5.41, 5.74) is 6.04. The molecule has 0 saturated heterocycles. The summed E-state index contributed by atoms with van der Waals surface area (Å²) in [4.78, 5) is 4.96. The van der Waals surface area contributed by atoms with Crippen LogP contribution in [0.3, 0.4) is 0 Å². The zero-order chi connectivity index (χ0) is 21.1. The molecule has 0 aliphatic carbocycles. The lowest BCUT2D eigenvalue weighted by molar-refractivity contribution is 0.279. The Labute approximate surface area is 171 Å². The second-order valence-electron chi connectivity index (χ2n) is 7.99. The molecule has 0 spiro atoms. The normalized spacial score (nSPS) is 11.4. The summed E-state index contributed by atoms with van der Waals surface area (Å²) < 4.78 is 13.6. The Hall–Kier alpha value is -2.72. The quantitative estimate of drug-likeness (QED) is 0.546. The van der Waals surface area contributed by atoms with Crippen LogP contribution in [0.1, 0.15) is 67.6 Å². The first-order chi connectivity index (χ1) is 13.8. The maximum Gasteiger partial charge on any atom is 0.123 e. The molecule has 3 rings (SSSR count). The number of benzene rings is 2. The molecule has 0 fully saturated rings. The monoisotopic (exact) mass is 393 g/mol. The summed E-state index contributed by atoms with van der Waals surface area (Å²) in [6, 6.07) is 13.6. The molecule has 0 bridgehead atoms. The fraction of sp³-hybridized carbons (Fsp3) is 0.320. The minimum atomic E-state index is -0.302. The Bertz CT molecular complexity index is 994. The smallest absolute Gasteiger partial charge is 0.123 e. The van der Waals surface area contributed by atoms with E-state index in [9.17, 15) is 14.6 Å². The van der Waals surface area contributed by atoms with Gasteiger partial charge in [0.1, 0.15) is 11.6 Å². The molecule has 29 heavy (non-hydrogen) atoms. The number of phenols is 1. The highest BCUT2D eigenvalue weighted by molar-refractivity contribution is 5.74. The first kappa shape index (κ1) is 21.0. The molecule has 0 atom stereocenters. The molecule has 0 amide bonds. The highest BCUT2D eigenvalue weighted by Gasteiger charge is 2.24. The van der Waals surface area contributed by atoms with Gasteiger partial charge < -0.3 is 10.2 Å². The molecule has 4 heteroatoms. The van der Waals surface area contributed by atoms with Crippen LogP contribution in [0, 0.1) is 5.82 Å². The van der Waals surface area contributed by atoms with Crippen molar-refractivity contribution in [2.45, 2.75) is 52.6 Å². The summed E-state index contributed by atoms with van der Waals surface area (Å²) in [7, 11) is 0. The van der Waals surface area contributed by atoms with Crippen molar-refractivity contribution in [1.29, 1.82) is 0 Å². The van der Waals surface area contributed by atoms with Crippen molar-refractivity contribution in [3.63, 3.8) is 0 Å². The van der Waals surface area contributed by atoms with E-state index in [-0.39, 0.29) is 30.0 Å². The fourth-order valence-electron chi connectivity index (χ4n) is 3.81. The third kappa shape index (κ3) is 4.33. The van der Waals surface area contributed by atoms with Crippen molar-refractivity contribution in [3.05, 3.63) is 82.4 Å². The number of hydrogen-bond acceptors (Lipinski definition) is 3. The summed E-state index contributed by atoms with van der Waals surface area (Å²) in [6.45, 7) is 8.15. The van der Waals surface area contributed by atoms with Crippen LogP contribution in [-0.2, 0) is 13.0 Å². The van der Waals surface area contributed by atoms with Crippen LogP contribution in [0.4, 0.5) is 4.39 Å². The number of aromatic hydroxyl groups is 1. The number of phenolic OH excluding ortho intramolecular Hbond substituents is 1. The van der Waals surface area contributed by atoms with E-state index >= 15 is 0 Å². The largest absolute Gasteiger partial charge is 0.508 e. The maximum absolute atomic E-state index is 13.6. The van der Waals surface area contributed by atoms with Crippen LogP contribution in [-0.4, -0.2) is 15.2 Å². The summed E-state index contributed by atoms with van der Waals surface area (Å²) in [5, 5.41) is 20.6. The van der Waals surface area contributed by atoms with Gasteiger partial charge in [-0.3, -0.25) is 4.98 Å². The van der Waals surface area contributed by atoms with Gasteiger partial charge >= 0.3 is 0 Å². The minimum Gasteiger partial charge on any atom is -0.508 e. The fourth-order valence-corrected chi connectivity index (χ4v) is 3.81. The van der Waals surface area contributed by atoms with Gasteiger partial charge in [0.2, 0.25) is 0 Å². The van der Waals surface area contributed by atoms with Crippen molar-refractivity contribution < 1.29 is 14.6 Å².